The van der Waals surface area contributed by atoms with Crippen LogP contribution in [0.4, 0.5) is 4.39 Å². The lowest BCUT2D eigenvalue weighted by Gasteiger charge is -2.26. The number of rotatable bonds is 3. The lowest BCUT2D eigenvalue weighted by Crippen LogP contribution is -2.36. The largest absolute Gasteiger partial charge is 0.337 e. The molecule has 4 rings (SSSR count). The number of likely N-dealkylation sites (tertiary alicyclic amines) is 1. The van der Waals surface area contributed by atoms with Crippen LogP contribution in [-0.2, 0) is 0 Å². The Kier molecular flexibility index (Phi) is 4.75. The number of halogens is 1. The van der Waals surface area contributed by atoms with Gasteiger partial charge in [0.1, 0.15) is 11.5 Å². The van der Waals surface area contributed by atoms with Crippen LogP contribution in [0.3, 0.4) is 0 Å². The van der Waals surface area contributed by atoms with Gasteiger partial charge in [0.05, 0.1) is 11.4 Å². The quantitative estimate of drug-likeness (QED) is 0.681. The second-order valence-electron chi connectivity index (χ2n) is 7.02. The van der Waals surface area contributed by atoms with Crippen LogP contribution in [0, 0.1) is 12.7 Å². The monoisotopic (exact) mass is 363 g/mol. The Hall–Kier alpha value is -2.95. The Morgan fingerprint density at radius 2 is 1.63 bits per heavy atom. The molecule has 4 nitrogen and oxygen atoms in total. The molecule has 1 amide bonds. The molecule has 27 heavy (non-hydrogen) atoms. The highest BCUT2D eigenvalue weighted by Crippen LogP contribution is 2.24. The molecule has 0 radical (unpaired) electrons. The van der Waals surface area contributed by atoms with Gasteiger partial charge in [-0.1, -0.05) is 17.7 Å². The van der Waals surface area contributed by atoms with Gasteiger partial charge in [0.25, 0.3) is 5.91 Å². The fourth-order valence-corrected chi connectivity index (χ4v) is 3.44. The maximum atomic E-state index is 13.3. The van der Waals surface area contributed by atoms with Gasteiger partial charge < -0.3 is 4.90 Å². The van der Waals surface area contributed by atoms with Crippen molar-refractivity contribution in [2.24, 2.45) is 0 Å². The highest BCUT2D eigenvalue weighted by atomic mass is 19.1. The maximum absolute atomic E-state index is 13.3. The first kappa shape index (κ1) is 17.5. The molecule has 2 heterocycles. The van der Waals surface area contributed by atoms with Gasteiger partial charge in [-0.15, -0.1) is 0 Å². The number of aromatic nitrogens is 2. The first-order valence-electron chi connectivity index (χ1n) is 9.34. The highest BCUT2D eigenvalue weighted by molar-refractivity contribution is 5.94. The van der Waals surface area contributed by atoms with Crippen LogP contribution in [-0.4, -0.2) is 33.7 Å². The van der Waals surface area contributed by atoms with E-state index in [1.807, 2.05) is 42.2 Å². The SMILES string of the molecule is Cc1ccc(-n2nc(-c3ccc(F)cc3)cc2C(=O)N2CCCCC2)cc1. The topological polar surface area (TPSA) is 38.1 Å². The van der Waals surface area contributed by atoms with Crippen molar-refractivity contribution in [2.45, 2.75) is 26.2 Å². The zero-order valence-electron chi connectivity index (χ0n) is 15.4. The minimum absolute atomic E-state index is 0.00358. The van der Waals surface area contributed by atoms with Gasteiger partial charge in [0.2, 0.25) is 0 Å². The summed E-state index contributed by atoms with van der Waals surface area (Å²) in [4.78, 5) is 15.1. The van der Waals surface area contributed by atoms with E-state index in [1.165, 1.54) is 18.6 Å². The third-order valence-electron chi connectivity index (χ3n) is 4.99. The van der Waals surface area contributed by atoms with Crippen molar-refractivity contribution in [1.29, 1.82) is 0 Å². The number of piperidine rings is 1. The molecule has 0 atom stereocenters. The number of hydrogen-bond acceptors (Lipinski definition) is 2. The van der Waals surface area contributed by atoms with Crippen LogP contribution in [0.15, 0.2) is 54.6 Å². The number of carbonyl (C=O) groups is 1. The Labute approximate surface area is 158 Å². The lowest BCUT2D eigenvalue weighted by molar-refractivity contribution is 0.0715. The van der Waals surface area contributed by atoms with Gasteiger partial charge >= 0.3 is 0 Å². The van der Waals surface area contributed by atoms with Crippen LogP contribution in [0.25, 0.3) is 16.9 Å². The molecule has 1 aromatic heterocycles. The zero-order valence-corrected chi connectivity index (χ0v) is 15.4. The van der Waals surface area contributed by atoms with Gasteiger partial charge in [-0.3, -0.25) is 4.79 Å². The van der Waals surface area contributed by atoms with E-state index in [9.17, 15) is 9.18 Å². The molecule has 0 aliphatic carbocycles. The second-order valence-corrected chi connectivity index (χ2v) is 7.02. The van der Waals surface area contributed by atoms with E-state index in [2.05, 4.69) is 5.10 Å². The number of amides is 1. The molecular formula is C22H22FN3O. The standard InChI is InChI=1S/C22H22FN3O/c1-16-5-11-19(12-6-16)26-21(22(27)25-13-3-2-4-14-25)15-20(24-26)17-7-9-18(23)10-8-17/h5-12,15H,2-4,13-14H2,1H3. The summed E-state index contributed by atoms with van der Waals surface area (Å²) in [5.41, 5.74) is 3.98. The molecule has 1 aliphatic heterocycles. The van der Waals surface area contributed by atoms with E-state index in [4.69, 9.17) is 0 Å². The van der Waals surface area contributed by atoms with E-state index in [-0.39, 0.29) is 11.7 Å². The summed E-state index contributed by atoms with van der Waals surface area (Å²) in [5.74, 6) is -0.294. The molecular weight excluding hydrogens is 341 g/mol. The zero-order chi connectivity index (χ0) is 18.8. The molecule has 1 fully saturated rings. The third-order valence-corrected chi connectivity index (χ3v) is 4.99. The Bertz CT molecular complexity index is 939. The molecule has 0 unspecified atom stereocenters. The Morgan fingerprint density at radius 3 is 2.30 bits per heavy atom. The van der Waals surface area contributed by atoms with Gasteiger partial charge in [-0.2, -0.15) is 5.10 Å². The Morgan fingerprint density at radius 1 is 0.963 bits per heavy atom. The number of benzene rings is 2. The molecule has 138 valence electrons. The highest BCUT2D eigenvalue weighted by Gasteiger charge is 2.24. The predicted molar refractivity (Wildman–Crippen MR) is 103 cm³/mol. The molecule has 5 heteroatoms. The Balaban J connectivity index is 1.78. The first-order chi connectivity index (χ1) is 13.1. The molecule has 1 saturated heterocycles. The van der Waals surface area contributed by atoms with E-state index < -0.39 is 0 Å². The van der Waals surface area contributed by atoms with Gasteiger partial charge in [0.15, 0.2) is 0 Å². The van der Waals surface area contributed by atoms with Crippen molar-refractivity contribution in [3.05, 3.63) is 71.7 Å². The predicted octanol–water partition coefficient (Wildman–Crippen LogP) is 4.61. The summed E-state index contributed by atoms with van der Waals surface area (Å²) in [5, 5.41) is 4.67. The van der Waals surface area contributed by atoms with Crippen LogP contribution in [0.2, 0.25) is 0 Å². The summed E-state index contributed by atoms with van der Waals surface area (Å²) in [6.45, 7) is 3.59. The molecule has 1 aliphatic rings. The second kappa shape index (κ2) is 7.35. The molecule has 3 aromatic rings. The number of carbonyl (C=O) groups excluding carboxylic acids is 1. The molecule has 0 bridgehead atoms. The maximum Gasteiger partial charge on any atom is 0.272 e. The van der Waals surface area contributed by atoms with E-state index >= 15 is 0 Å². The first-order valence-corrected chi connectivity index (χ1v) is 9.34. The van der Waals surface area contributed by atoms with Crippen LogP contribution < -0.4 is 0 Å². The van der Waals surface area contributed by atoms with E-state index in [0.29, 0.717) is 11.4 Å². The lowest BCUT2D eigenvalue weighted by atomic mass is 10.1. The smallest absolute Gasteiger partial charge is 0.272 e. The number of hydrogen-bond donors (Lipinski definition) is 0. The van der Waals surface area contributed by atoms with Gasteiger partial charge in [-0.05, 0) is 68.7 Å². The van der Waals surface area contributed by atoms with Crippen molar-refractivity contribution in [1.82, 2.24) is 14.7 Å². The van der Waals surface area contributed by atoms with Crippen LogP contribution >= 0.6 is 0 Å². The fraction of sp³-hybridized carbons (Fsp3) is 0.273. The minimum atomic E-state index is -0.290. The summed E-state index contributed by atoms with van der Waals surface area (Å²) in [6.07, 6.45) is 3.24. The average molecular weight is 363 g/mol. The van der Waals surface area contributed by atoms with E-state index in [0.717, 1.165) is 42.7 Å². The fourth-order valence-electron chi connectivity index (χ4n) is 3.44. The molecule has 0 saturated carbocycles. The minimum Gasteiger partial charge on any atom is -0.337 e. The van der Waals surface area contributed by atoms with Gasteiger partial charge in [-0.25, -0.2) is 9.07 Å². The van der Waals surface area contributed by atoms with Crippen molar-refractivity contribution in [2.75, 3.05) is 13.1 Å². The normalized spacial score (nSPS) is 14.4. The number of aryl methyl sites for hydroxylation is 1. The average Bonchev–Trinajstić information content (AvgIpc) is 3.14. The van der Waals surface area contributed by atoms with Crippen molar-refractivity contribution >= 4 is 5.91 Å². The van der Waals surface area contributed by atoms with Gasteiger partial charge in [0, 0.05) is 18.7 Å². The van der Waals surface area contributed by atoms with E-state index in [1.54, 1.807) is 16.8 Å². The molecule has 0 N–H and O–H groups in total. The summed E-state index contributed by atoms with van der Waals surface area (Å²) in [6, 6.07) is 15.9. The van der Waals surface area contributed by atoms with Crippen molar-refractivity contribution in [3.63, 3.8) is 0 Å². The summed E-state index contributed by atoms with van der Waals surface area (Å²) >= 11 is 0. The van der Waals surface area contributed by atoms with Crippen molar-refractivity contribution in [3.8, 4) is 16.9 Å². The van der Waals surface area contributed by atoms with Crippen molar-refractivity contribution < 1.29 is 9.18 Å². The molecule has 2 aromatic carbocycles. The summed E-state index contributed by atoms with van der Waals surface area (Å²) < 4.78 is 15.0. The third kappa shape index (κ3) is 3.63. The number of nitrogens with zero attached hydrogens (tertiary/aromatic N) is 3. The van der Waals surface area contributed by atoms with Crippen LogP contribution in [0.1, 0.15) is 35.3 Å². The molecule has 0 spiro atoms. The summed E-state index contributed by atoms with van der Waals surface area (Å²) in [7, 11) is 0. The van der Waals surface area contributed by atoms with Crippen LogP contribution in [0.5, 0.6) is 0 Å².